The second-order valence-electron chi connectivity index (χ2n) is 2.69. The molecular weight excluding hydrogens is 199 g/mol. The van der Waals surface area contributed by atoms with Gasteiger partial charge in [-0.05, 0) is 0 Å². The van der Waals surface area contributed by atoms with Gasteiger partial charge in [0.1, 0.15) is 5.82 Å². The zero-order valence-corrected chi connectivity index (χ0v) is 7.30. The van der Waals surface area contributed by atoms with Gasteiger partial charge in [0.25, 0.3) is 0 Å². The van der Waals surface area contributed by atoms with Crippen molar-refractivity contribution in [2.45, 2.75) is 12.7 Å². The zero-order valence-electron chi connectivity index (χ0n) is 7.30. The largest absolute Gasteiger partial charge is 0.471 e. The smallest absolute Gasteiger partial charge is 0.347 e. The molecule has 4 nitrogen and oxygen atoms in total. The first-order valence-corrected chi connectivity index (χ1v) is 3.72. The Balaban J connectivity index is 2.59. The molecule has 78 valence electrons. The van der Waals surface area contributed by atoms with Gasteiger partial charge in [-0.1, -0.05) is 0 Å². The maximum Gasteiger partial charge on any atom is 0.471 e. The van der Waals surface area contributed by atoms with E-state index in [9.17, 15) is 18.0 Å². The highest BCUT2D eigenvalue weighted by atomic mass is 19.4. The van der Waals surface area contributed by atoms with Crippen molar-refractivity contribution in [2.75, 3.05) is 7.05 Å². The molecule has 0 radical (unpaired) electrons. The maximum absolute atomic E-state index is 11.9. The predicted molar refractivity (Wildman–Crippen MR) is 41.1 cm³/mol. The lowest BCUT2D eigenvalue weighted by molar-refractivity contribution is -0.184. The van der Waals surface area contributed by atoms with Crippen LogP contribution in [0.15, 0.2) is 12.4 Å². The molecule has 0 aromatic carbocycles. The van der Waals surface area contributed by atoms with Gasteiger partial charge in [0.15, 0.2) is 0 Å². The number of alkyl halides is 3. The molecule has 1 aromatic rings. The number of carbonyl (C=O) groups excluding carboxylic acids is 1. The molecule has 0 spiro atoms. The third-order valence-corrected chi connectivity index (χ3v) is 1.53. The highest BCUT2D eigenvalue weighted by Crippen LogP contribution is 2.18. The van der Waals surface area contributed by atoms with Crippen molar-refractivity contribution >= 4 is 5.91 Å². The first-order valence-electron chi connectivity index (χ1n) is 3.72. The van der Waals surface area contributed by atoms with E-state index >= 15 is 0 Å². The molecule has 1 aromatic heterocycles. The van der Waals surface area contributed by atoms with Crippen molar-refractivity contribution in [3.8, 4) is 0 Å². The van der Waals surface area contributed by atoms with Gasteiger partial charge >= 0.3 is 12.1 Å². The molecular formula is C7H8F3N3O. The summed E-state index contributed by atoms with van der Waals surface area (Å²) in [4.78, 5) is 17.5. The molecule has 0 bridgehead atoms. The fraction of sp³-hybridized carbons (Fsp3) is 0.429. The quantitative estimate of drug-likeness (QED) is 0.784. The summed E-state index contributed by atoms with van der Waals surface area (Å²) < 4.78 is 35.7. The fourth-order valence-corrected chi connectivity index (χ4v) is 0.897. The second-order valence-corrected chi connectivity index (χ2v) is 2.69. The summed E-state index contributed by atoms with van der Waals surface area (Å²) >= 11 is 0. The Morgan fingerprint density at radius 2 is 2.29 bits per heavy atom. The first-order chi connectivity index (χ1) is 6.41. The molecule has 0 saturated heterocycles. The average Bonchev–Trinajstić information content (AvgIpc) is 2.53. The van der Waals surface area contributed by atoms with Gasteiger partial charge in [-0.3, -0.25) is 4.79 Å². The molecule has 0 aliphatic rings. The number of imidazole rings is 1. The molecule has 0 aliphatic heterocycles. The summed E-state index contributed by atoms with van der Waals surface area (Å²) in [5.41, 5.74) is 0. The molecule has 14 heavy (non-hydrogen) atoms. The van der Waals surface area contributed by atoms with E-state index < -0.39 is 12.1 Å². The molecule has 1 N–H and O–H groups in total. The van der Waals surface area contributed by atoms with Crippen LogP contribution in [0, 0.1) is 0 Å². The first kappa shape index (κ1) is 10.6. The van der Waals surface area contributed by atoms with E-state index in [1.54, 1.807) is 0 Å². The fourth-order valence-electron chi connectivity index (χ4n) is 0.897. The third-order valence-electron chi connectivity index (χ3n) is 1.53. The van der Waals surface area contributed by atoms with Crippen molar-refractivity contribution in [3.05, 3.63) is 18.2 Å². The Bertz CT molecular complexity index is 306. The van der Waals surface area contributed by atoms with E-state index in [0.29, 0.717) is 10.7 Å². The lowest BCUT2D eigenvalue weighted by atomic mass is 10.4. The SMILES string of the molecule is CN(Cc1ncc[nH]1)C(=O)C(F)(F)F. The van der Waals surface area contributed by atoms with Crippen LogP contribution in [0.1, 0.15) is 5.82 Å². The van der Waals surface area contributed by atoms with E-state index in [0.717, 1.165) is 7.05 Å². The molecule has 7 heteroatoms. The molecule has 0 unspecified atom stereocenters. The van der Waals surface area contributed by atoms with Crippen LogP contribution in [-0.4, -0.2) is 34.0 Å². The van der Waals surface area contributed by atoms with Gasteiger partial charge in [0.2, 0.25) is 0 Å². The molecule has 0 saturated carbocycles. The Kier molecular flexibility index (Phi) is 2.78. The van der Waals surface area contributed by atoms with Gasteiger partial charge in [0, 0.05) is 19.4 Å². The summed E-state index contributed by atoms with van der Waals surface area (Å²) in [6, 6.07) is 0. The summed E-state index contributed by atoms with van der Waals surface area (Å²) in [6.07, 6.45) is -1.95. The number of hydrogen-bond acceptors (Lipinski definition) is 2. The van der Waals surface area contributed by atoms with Crippen LogP contribution in [0.3, 0.4) is 0 Å². The van der Waals surface area contributed by atoms with Crippen LogP contribution >= 0.6 is 0 Å². The lowest BCUT2D eigenvalue weighted by Gasteiger charge is -2.16. The van der Waals surface area contributed by atoms with Crippen LogP contribution in [0.5, 0.6) is 0 Å². The Morgan fingerprint density at radius 1 is 1.64 bits per heavy atom. The number of rotatable bonds is 2. The number of carbonyl (C=O) groups is 1. The van der Waals surface area contributed by atoms with Crippen LogP contribution in [0.2, 0.25) is 0 Å². The molecule has 0 fully saturated rings. The molecule has 0 aliphatic carbocycles. The van der Waals surface area contributed by atoms with Gasteiger partial charge in [-0.2, -0.15) is 13.2 Å². The number of halogens is 3. The van der Waals surface area contributed by atoms with Crippen molar-refractivity contribution in [1.29, 1.82) is 0 Å². The topological polar surface area (TPSA) is 49.0 Å². The van der Waals surface area contributed by atoms with Crippen LogP contribution < -0.4 is 0 Å². The minimum atomic E-state index is -4.83. The Morgan fingerprint density at radius 3 is 2.71 bits per heavy atom. The summed E-state index contributed by atoms with van der Waals surface area (Å²) in [5.74, 6) is -1.57. The number of nitrogens with one attached hydrogen (secondary N) is 1. The van der Waals surface area contributed by atoms with Crippen molar-refractivity contribution in [2.24, 2.45) is 0 Å². The lowest BCUT2D eigenvalue weighted by Crippen LogP contribution is -2.38. The minimum Gasteiger partial charge on any atom is -0.347 e. The highest BCUT2D eigenvalue weighted by Gasteiger charge is 2.41. The molecule has 0 atom stereocenters. The number of nitrogens with zero attached hydrogens (tertiary/aromatic N) is 2. The minimum absolute atomic E-state index is 0.189. The van der Waals surface area contributed by atoms with Crippen LogP contribution in [-0.2, 0) is 11.3 Å². The van der Waals surface area contributed by atoms with E-state index in [1.807, 2.05) is 0 Å². The molecule has 1 rings (SSSR count). The zero-order chi connectivity index (χ0) is 10.8. The van der Waals surface area contributed by atoms with Gasteiger partial charge in [0.05, 0.1) is 6.54 Å². The van der Waals surface area contributed by atoms with E-state index in [1.165, 1.54) is 12.4 Å². The van der Waals surface area contributed by atoms with E-state index in [-0.39, 0.29) is 6.54 Å². The van der Waals surface area contributed by atoms with Crippen LogP contribution in [0.25, 0.3) is 0 Å². The maximum atomic E-state index is 11.9. The second kappa shape index (κ2) is 3.69. The van der Waals surface area contributed by atoms with Gasteiger partial charge in [-0.15, -0.1) is 0 Å². The standard InChI is InChI=1S/C7H8F3N3O/c1-13(6(14)7(8,9)10)4-5-11-2-3-12-5/h2-3H,4H2,1H3,(H,11,12). The Hall–Kier alpha value is -1.53. The highest BCUT2D eigenvalue weighted by molar-refractivity contribution is 5.81. The van der Waals surface area contributed by atoms with E-state index in [2.05, 4.69) is 9.97 Å². The molecule has 1 amide bonds. The third kappa shape index (κ3) is 2.48. The monoisotopic (exact) mass is 207 g/mol. The van der Waals surface area contributed by atoms with Crippen molar-refractivity contribution in [1.82, 2.24) is 14.9 Å². The predicted octanol–water partition coefficient (Wildman–Crippen LogP) is 0.930. The number of aromatic nitrogens is 2. The normalized spacial score (nSPS) is 11.4. The number of hydrogen-bond donors (Lipinski definition) is 1. The van der Waals surface area contributed by atoms with Crippen LogP contribution in [0.4, 0.5) is 13.2 Å². The Labute approximate surface area is 77.7 Å². The summed E-state index contributed by atoms with van der Waals surface area (Å²) in [7, 11) is 1.07. The molecule has 1 heterocycles. The summed E-state index contributed by atoms with van der Waals surface area (Å²) in [5, 5.41) is 0. The van der Waals surface area contributed by atoms with Gasteiger partial charge < -0.3 is 9.88 Å². The average molecular weight is 207 g/mol. The van der Waals surface area contributed by atoms with Crippen molar-refractivity contribution in [3.63, 3.8) is 0 Å². The van der Waals surface area contributed by atoms with Gasteiger partial charge in [-0.25, -0.2) is 4.98 Å². The van der Waals surface area contributed by atoms with E-state index in [4.69, 9.17) is 0 Å². The number of amides is 1. The number of H-pyrrole nitrogens is 1. The number of aromatic amines is 1. The van der Waals surface area contributed by atoms with Crippen molar-refractivity contribution < 1.29 is 18.0 Å². The summed E-state index contributed by atoms with van der Waals surface area (Å²) in [6.45, 7) is -0.189.